The van der Waals surface area contributed by atoms with Gasteiger partial charge in [0, 0.05) is 13.1 Å². The molecule has 1 aliphatic rings. The first-order valence-electron chi connectivity index (χ1n) is 5.06. The first-order valence-corrected chi connectivity index (χ1v) is 5.06. The minimum atomic E-state index is -0.148. The third-order valence-corrected chi connectivity index (χ3v) is 2.69. The second-order valence-corrected chi connectivity index (χ2v) is 3.94. The summed E-state index contributed by atoms with van der Waals surface area (Å²) in [6.45, 7) is 8.46. The molecule has 3 nitrogen and oxygen atoms in total. The van der Waals surface area contributed by atoms with Gasteiger partial charge in [-0.25, -0.2) is 4.79 Å². The molecule has 1 atom stereocenters. The summed E-state index contributed by atoms with van der Waals surface area (Å²) in [4.78, 5) is 13.1. The van der Waals surface area contributed by atoms with Crippen molar-refractivity contribution in [2.45, 2.75) is 27.2 Å². The summed E-state index contributed by atoms with van der Waals surface area (Å²) in [5.41, 5.74) is 0. The molecule has 1 amide bonds. The van der Waals surface area contributed by atoms with Crippen LogP contribution in [0.15, 0.2) is 0 Å². The van der Waals surface area contributed by atoms with Gasteiger partial charge in [0.15, 0.2) is 0 Å². The van der Waals surface area contributed by atoms with Crippen molar-refractivity contribution < 1.29 is 9.53 Å². The molecular weight excluding hydrogens is 166 g/mol. The predicted octanol–water partition coefficient (Wildman–Crippen LogP) is 2.12. The Labute approximate surface area is 80.1 Å². The van der Waals surface area contributed by atoms with E-state index >= 15 is 0 Å². The lowest BCUT2D eigenvalue weighted by atomic mass is 9.95. The zero-order chi connectivity index (χ0) is 9.84. The summed E-state index contributed by atoms with van der Waals surface area (Å²) in [5, 5.41) is 0. The van der Waals surface area contributed by atoms with Crippen molar-refractivity contribution in [3.8, 4) is 0 Å². The van der Waals surface area contributed by atoms with E-state index in [1.165, 1.54) is 0 Å². The Bertz CT molecular complexity index is 180. The molecule has 0 spiro atoms. The van der Waals surface area contributed by atoms with Crippen LogP contribution in [0.25, 0.3) is 0 Å². The van der Waals surface area contributed by atoms with Gasteiger partial charge in [-0.05, 0) is 25.2 Å². The highest BCUT2D eigenvalue weighted by atomic mass is 16.6. The second kappa shape index (κ2) is 4.49. The van der Waals surface area contributed by atoms with Gasteiger partial charge >= 0.3 is 6.09 Å². The standard InChI is InChI=1S/C10H19NO2/c1-4-13-10(12)11-6-5-9(7-11)8(2)3/h8-9H,4-7H2,1-3H3. The zero-order valence-corrected chi connectivity index (χ0v) is 8.75. The third kappa shape index (κ3) is 2.61. The maximum atomic E-state index is 11.3. The number of amides is 1. The minimum absolute atomic E-state index is 0.148. The number of carbonyl (C=O) groups is 1. The van der Waals surface area contributed by atoms with Crippen LogP contribution in [-0.2, 0) is 4.74 Å². The van der Waals surface area contributed by atoms with Gasteiger partial charge in [0.05, 0.1) is 6.61 Å². The van der Waals surface area contributed by atoms with Crippen molar-refractivity contribution in [2.75, 3.05) is 19.7 Å². The summed E-state index contributed by atoms with van der Waals surface area (Å²) in [7, 11) is 0. The number of rotatable bonds is 2. The van der Waals surface area contributed by atoms with E-state index in [0.29, 0.717) is 18.4 Å². The van der Waals surface area contributed by atoms with E-state index in [1.54, 1.807) is 0 Å². The van der Waals surface area contributed by atoms with Gasteiger partial charge in [0.2, 0.25) is 0 Å². The molecule has 1 rings (SSSR count). The number of likely N-dealkylation sites (tertiary alicyclic amines) is 1. The molecule has 1 fully saturated rings. The molecule has 76 valence electrons. The van der Waals surface area contributed by atoms with E-state index < -0.39 is 0 Å². The fourth-order valence-corrected chi connectivity index (χ4v) is 1.71. The Kier molecular flexibility index (Phi) is 3.58. The van der Waals surface area contributed by atoms with Gasteiger partial charge in [0.25, 0.3) is 0 Å². The van der Waals surface area contributed by atoms with E-state index in [9.17, 15) is 4.79 Å². The first-order chi connectivity index (χ1) is 6.15. The summed E-state index contributed by atoms with van der Waals surface area (Å²) in [6.07, 6.45) is 0.974. The van der Waals surface area contributed by atoms with Crippen molar-refractivity contribution >= 4 is 6.09 Å². The summed E-state index contributed by atoms with van der Waals surface area (Å²) in [6, 6.07) is 0. The van der Waals surface area contributed by atoms with Crippen LogP contribution in [0.4, 0.5) is 4.79 Å². The minimum Gasteiger partial charge on any atom is -0.450 e. The maximum Gasteiger partial charge on any atom is 0.409 e. The van der Waals surface area contributed by atoms with Crippen molar-refractivity contribution in [3.05, 3.63) is 0 Å². The summed E-state index contributed by atoms with van der Waals surface area (Å²) < 4.78 is 4.94. The van der Waals surface area contributed by atoms with Crippen molar-refractivity contribution in [3.63, 3.8) is 0 Å². The lowest BCUT2D eigenvalue weighted by Gasteiger charge is -2.17. The number of ether oxygens (including phenoxy) is 1. The predicted molar refractivity (Wildman–Crippen MR) is 51.5 cm³/mol. The molecule has 1 unspecified atom stereocenters. The Balaban J connectivity index is 2.36. The molecule has 1 saturated heterocycles. The maximum absolute atomic E-state index is 11.3. The van der Waals surface area contributed by atoms with Crippen LogP contribution in [0, 0.1) is 11.8 Å². The molecule has 0 aliphatic carbocycles. The molecule has 0 radical (unpaired) electrons. The Morgan fingerprint density at radius 2 is 2.31 bits per heavy atom. The number of carbonyl (C=O) groups excluding carboxylic acids is 1. The monoisotopic (exact) mass is 185 g/mol. The first kappa shape index (κ1) is 10.4. The van der Waals surface area contributed by atoms with Gasteiger partial charge in [-0.1, -0.05) is 13.8 Å². The lowest BCUT2D eigenvalue weighted by Crippen LogP contribution is -2.29. The lowest BCUT2D eigenvalue weighted by molar-refractivity contribution is 0.113. The zero-order valence-electron chi connectivity index (χ0n) is 8.75. The molecule has 13 heavy (non-hydrogen) atoms. The molecule has 0 aromatic carbocycles. The number of hydrogen-bond acceptors (Lipinski definition) is 2. The second-order valence-electron chi connectivity index (χ2n) is 3.94. The molecule has 0 aromatic heterocycles. The average Bonchev–Trinajstić information content (AvgIpc) is 2.52. The van der Waals surface area contributed by atoms with Crippen molar-refractivity contribution in [1.29, 1.82) is 0 Å². The fourth-order valence-electron chi connectivity index (χ4n) is 1.71. The van der Waals surface area contributed by atoms with Crippen molar-refractivity contribution in [2.24, 2.45) is 11.8 Å². The summed E-state index contributed by atoms with van der Waals surface area (Å²) >= 11 is 0. The van der Waals surface area contributed by atoms with Crippen LogP contribution in [0.1, 0.15) is 27.2 Å². The van der Waals surface area contributed by atoms with Crippen LogP contribution in [0.2, 0.25) is 0 Å². The third-order valence-electron chi connectivity index (χ3n) is 2.69. The van der Waals surface area contributed by atoms with Crippen LogP contribution in [-0.4, -0.2) is 30.7 Å². The highest BCUT2D eigenvalue weighted by Crippen LogP contribution is 2.23. The van der Waals surface area contributed by atoms with Crippen molar-refractivity contribution in [1.82, 2.24) is 4.90 Å². The molecule has 0 aromatic rings. The van der Waals surface area contributed by atoms with Crippen LogP contribution >= 0.6 is 0 Å². The fraction of sp³-hybridized carbons (Fsp3) is 0.900. The molecule has 1 aliphatic heterocycles. The Hall–Kier alpha value is -0.730. The van der Waals surface area contributed by atoms with Crippen LogP contribution in [0.3, 0.4) is 0 Å². The SMILES string of the molecule is CCOC(=O)N1CCC(C(C)C)C1. The number of nitrogens with zero attached hydrogens (tertiary/aromatic N) is 1. The highest BCUT2D eigenvalue weighted by molar-refractivity contribution is 5.67. The summed E-state index contributed by atoms with van der Waals surface area (Å²) in [5.74, 6) is 1.32. The number of hydrogen-bond donors (Lipinski definition) is 0. The molecular formula is C10H19NO2. The Morgan fingerprint density at radius 3 is 2.77 bits per heavy atom. The molecule has 0 N–H and O–H groups in total. The topological polar surface area (TPSA) is 29.5 Å². The van der Waals surface area contributed by atoms with Gasteiger partial charge in [-0.15, -0.1) is 0 Å². The van der Waals surface area contributed by atoms with Gasteiger partial charge < -0.3 is 9.64 Å². The smallest absolute Gasteiger partial charge is 0.409 e. The normalized spacial score (nSPS) is 22.5. The Morgan fingerprint density at radius 1 is 1.62 bits per heavy atom. The van der Waals surface area contributed by atoms with E-state index in [1.807, 2.05) is 11.8 Å². The van der Waals surface area contributed by atoms with E-state index in [4.69, 9.17) is 4.74 Å². The van der Waals surface area contributed by atoms with E-state index in [2.05, 4.69) is 13.8 Å². The van der Waals surface area contributed by atoms with Gasteiger partial charge in [-0.2, -0.15) is 0 Å². The average molecular weight is 185 g/mol. The van der Waals surface area contributed by atoms with Gasteiger partial charge in [-0.3, -0.25) is 0 Å². The molecule has 0 saturated carbocycles. The highest BCUT2D eigenvalue weighted by Gasteiger charge is 2.28. The molecule has 1 heterocycles. The van der Waals surface area contributed by atoms with Gasteiger partial charge in [0.1, 0.15) is 0 Å². The largest absolute Gasteiger partial charge is 0.450 e. The van der Waals surface area contributed by atoms with Crippen LogP contribution in [0.5, 0.6) is 0 Å². The van der Waals surface area contributed by atoms with E-state index in [-0.39, 0.29) is 6.09 Å². The van der Waals surface area contributed by atoms with Crippen LogP contribution < -0.4 is 0 Å². The van der Waals surface area contributed by atoms with E-state index in [0.717, 1.165) is 19.5 Å². The quantitative estimate of drug-likeness (QED) is 0.659. The molecule has 3 heteroatoms. The molecule has 0 bridgehead atoms.